The largest absolute Gasteiger partial charge is 0.359 e. The van der Waals surface area contributed by atoms with Crippen molar-refractivity contribution in [1.82, 2.24) is 35.0 Å². The molecule has 33 heavy (non-hydrogen) atoms. The fourth-order valence-corrected chi connectivity index (χ4v) is 3.16. The van der Waals surface area contributed by atoms with Crippen molar-refractivity contribution in [1.29, 1.82) is 0 Å². The van der Waals surface area contributed by atoms with Crippen LogP contribution in [0.25, 0.3) is 11.0 Å². The lowest BCUT2D eigenvalue weighted by molar-refractivity contribution is -0.121. The quantitative estimate of drug-likeness (QED) is 0.356. The number of rotatable bonds is 8. The third-order valence-corrected chi connectivity index (χ3v) is 4.95. The van der Waals surface area contributed by atoms with Gasteiger partial charge >= 0.3 is 5.92 Å². The standard InChI is InChI=1S/C20H17ClF2N8O2/c21-15-9-27-18(28-11-20(22,23)14-3-1-2-5-24-14)19(33)31(15)10-16(32)26-8-13-7-12-4-6-25-17(12)30-29-13/h1-7,9H,8,10-11H2,(H,25,30)(H,26,32)(H,27,28). The second kappa shape index (κ2) is 9.28. The molecule has 0 aliphatic rings. The minimum atomic E-state index is -3.35. The molecule has 13 heteroatoms. The van der Waals surface area contributed by atoms with Crippen LogP contribution in [0, 0.1) is 0 Å². The summed E-state index contributed by atoms with van der Waals surface area (Å²) < 4.78 is 29.6. The van der Waals surface area contributed by atoms with Crippen LogP contribution in [-0.4, -0.2) is 42.2 Å². The molecule has 0 saturated heterocycles. The number of hydrogen-bond donors (Lipinski definition) is 3. The number of hydrogen-bond acceptors (Lipinski definition) is 7. The second-order valence-electron chi connectivity index (χ2n) is 6.99. The molecular formula is C20H17ClF2N8O2. The predicted molar refractivity (Wildman–Crippen MR) is 116 cm³/mol. The molecule has 0 unspecified atom stereocenters. The third kappa shape index (κ3) is 5.12. The number of carbonyl (C=O) groups is 1. The van der Waals surface area contributed by atoms with Gasteiger partial charge in [-0.1, -0.05) is 17.7 Å². The van der Waals surface area contributed by atoms with Crippen LogP contribution in [0.5, 0.6) is 0 Å². The molecule has 0 fully saturated rings. The molecule has 0 spiro atoms. The lowest BCUT2D eigenvalue weighted by Crippen LogP contribution is -2.35. The molecule has 0 aliphatic carbocycles. The summed E-state index contributed by atoms with van der Waals surface area (Å²) in [6.45, 7) is -1.28. The Morgan fingerprint density at radius 2 is 2.06 bits per heavy atom. The zero-order chi connectivity index (χ0) is 23.4. The zero-order valence-electron chi connectivity index (χ0n) is 16.9. The van der Waals surface area contributed by atoms with Crippen LogP contribution in [0.3, 0.4) is 0 Å². The number of pyridine rings is 1. The van der Waals surface area contributed by atoms with E-state index < -0.39 is 36.2 Å². The number of nitrogens with zero attached hydrogens (tertiary/aromatic N) is 5. The summed E-state index contributed by atoms with van der Waals surface area (Å²) in [7, 11) is 0. The van der Waals surface area contributed by atoms with Gasteiger partial charge in [-0.25, -0.2) is 4.98 Å². The first-order valence-electron chi connectivity index (χ1n) is 9.68. The zero-order valence-corrected chi connectivity index (χ0v) is 17.7. The average Bonchev–Trinajstić information content (AvgIpc) is 3.28. The summed E-state index contributed by atoms with van der Waals surface area (Å²) in [6.07, 6.45) is 4.07. The predicted octanol–water partition coefficient (Wildman–Crippen LogP) is 2.08. The molecule has 4 aromatic rings. The second-order valence-corrected chi connectivity index (χ2v) is 7.38. The van der Waals surface area contributed by atoms with Crippen LogP contribution in [0.1, 0.15) is 11.4 Å². The normalized spacial score (nSPS) is 11.5. The molecule has 4 heterocycles. The number of halogens is 3. The molecule has 4 aromatic heterocycles. The minimum Gasteiger partial charge on any atom is -0.359 e. The number of aromatic nitrogens is 6. The Labute approximate surface area is 190 Å². The Morgan fingerprint density at radius 3 is 2.85 bits per heavy atom. The van der Waals surface area contributed by atoms with E-state index in [9.17, 15) is 18.4 Å². The molecule has 3 N–H and O–H groups in total. The number of fused-ring (bicyclic) bond motifs is 1. The number of H-pyrrole nitrogens is 1. The summed E-state index contributed by atoms with van der Waals surface area (Å²) in [6, 6.07) is 7.71. The van der Waals surface area contributed by atoms with Crippen LogP contribution in [0.4, 0.5) is 14.6 Å². The lowest BCUT2D eigenvalue weighted by Gasteiger charge is -2.17. The Balaban J connectivity index is 1.41. The number of aromatic amines is 1. The molecule has 4 rings (SSSR count). The summed E-state index contributed by atoms with van der Waals surface area (Å²) >= 11 is 6.01. The smallest absolute Gasteiger partial charge is 0.306 e. The fourth-order valence-electron chi connectivity index (χ4n) is 2.97. The Hall–Kier alpha value is -3.93. The van der Waals surface area contributed by atoms with E-state index in [4.69, 9.17) is 11.6 Å². The maximum Gasteiger partial charge on any atom is 0.306 e. The van der Waals surface area contributed by atoms with E-state index in [1.54, 1.807) is 12.3 Å². The highest BCUT2D eigenvalue weighted by molar-refractivity contribution is 6.29. The highest BCUT2D eigenvalue weighted by Gasteiger charge is 2.33. The van der Waals surface area contributed by atoms with Crippen molar-refractivity contribution in [3.05, 3.63) is 75.8 Å². The number of carbonyl (C=O) groups excluding carboxylic acids is 1. The Kier molecular flexibility index (Phi) is 6.27. The van der Waals surface area contributed by atoms with Crippen molar-refractivity contribution >= 4 is 34.4 Å². The van der Waals surface area contributed by atoms with Gasteiger partial charge in [0.1, 0.15) is 17.4 Å². The van der Waals surface area contributed by atoms with Gasteiger partial charge in [0.05, 0.1) is 25.0 Å². The fraction of sp³-hybridized carbons (Fsp3) is 0.200. The van der Waals surface area contributed by atoms with Gasteiger partial charge in [0.15, 0.2) is 11.5 Å². The van der Waals surface area contributed by atoms with Gasteiger partial charge in [0.25, 0.3) is 5.56 Å². The molecule has 170 valence electrons. The van der Waals surface area contributed by atoms with Crippen molar-refractivity contribution in [2.75, 3.05) is 11.9 Å². The van der Waals surface area contributed by atoms with E-state index in [1.165, 1.54) is 24.4 Å². The molecule has 0 bridgehead atoms. The van der Waals surface area contributed by atoms with Gasteiger partial charge in [-0.2, -0.15) is 13.9 Å². The third-order valence-electron chi connectivity index (χ3n) is 4.65. The van der Waals surface area contributed by atoms with Gasteiger partial charge < -0.3 is 15.6 Å². The van der Waals surface area contributed by atoms with Crippen LogP contribution in [0.2, 0.25) is 5.15 Å². The lowest BCUT2D eigenvalue weighted by atomic mass is 10.2. The minimum absolute atomic E-state index is 0.0752. The number of nitrogens with one attached hydrogen (secondary N) is 3. The van der Waals surface area contributed by atoms with Crippen LogP contribution < -0.4 is 16.2 Å². The maximum atomic E-state index is 14.3. The summed E-state index contributed by atoms with van der Waals surface area (Å²) in [5, 5.41) is 13.6. The Morgan fingerprint density at radius 1 is 1.21 bits per heavy atom. The SMILES string of the molecule is O=C(Cn1c(Cl)cnc(NCC(F)(F)c2ccccn2)c1=O)NCc1cc2cc[nH]c2nn1. The van der Waals surface area contributed by atoms with Gasteiger partial charge in [0, 0.05) is 17.8 Å². The molecular weight excluding hydrogens is 458 g/mol. The molecule has 10 nitrogen and oxygen atoms in total. The summed E-state index contributed by atoms with van der Waals surface area (Å²) in [5.41, 5.74) is -0.133. The van der Waals surface area contributed by atoms with E-state index >= 15 is 0 Å². The summed E-state index contributed by atoms with van der Waals surface area (Å²) in [5.74, 6) is -4.25. The molecule has 0 saturated carbocycles. The van der Waals surface area contributed by atoms with E-state index in [2.05, 4.69) is 35.8 Å². The molecule has 1 amide bonds. The first kappa shape index (κ1) is 22.3. The molecule has 0 atom stereocenters. The molecule has 0 aliphatic heterocycles. The Bertz CT molecular complexity index is 1340. The number of amides is 1. The molecule has 0 aromatic carbocycles. The number of alkyl halides is 2. The van der Waals surface area contributed by atoms with Crippen molar-refractivity contribution in [3.8, 4) is 0 Å². The van der Waals surface area contributed by atoms with E-state index in [-0.39, 0.29) is 17.5 Å². The van der Waals surface area contributed by atoms with Gasteiger partial charge in [0.2, 0.25) is 5.91 Å². The van der Waals surface area contributed by atoms with Gasteiger partial charge in [-0.05, 0) is 24.3 Å². The van der Waals surface area contributed by atoms with Crippen LogP contribution in [-0.2, 0) is 23.8 Å². The highest BCUT2D eigenvalue weighted by atomic mass is 35.5. The van der Waals surface area contributed by atoms with E-state index in [0.717, 1.165) is 16.2 Å². The first-order valence-corrected chi connectivity index (χ1v) is 10.1. The summed E-state index contributed by atoms with van der Waals surface area (Å²) in [4.78, 5) is 35.3. The monoisotopic (exact) mass is 474 g/mol. The topological polar surface area (TPSA) is 130 Å². The average molecular weight is 475 g/mol. The van der Waals surface area contributed by atoms with Crippen molar-refractivity contribution in [2.45, 2.75) is 19.0 Å². The van der Waals surface area contributed by atoms with Crippen molar-refractivity contribution < 1.29 is 13.6 Å². The van der Waals surface area contributed by atoms with Crippen molar-refractivity contribution in [2.24, 2.45) is 0 Å². The van der Waals surface area contributed by atoms with Crippen LogP contribution in [0.15, 0.2) is 53.7 Å². The number of anilines is 1. The van der Waals surface area contributed by atoms with Crippen molar-refractivity contribution in [3.63, 3.8) is 0 Å². The van der Waals surface area contributed by atoms with E-state index in [0.29, 0.717) is 11.3 Å². The first-order chi connectivity index (χ1) is 15.8. The van der Waals surface area contributed by atoms with Gasteiger partial charge in [-0.3, -0.25) is 19.1 Å². The van der Waals surface area contributed by atoms with E-state index in [1.807, 2.05) is 6.07 Å². The van der Waals surface area contributed by atoms with Gasteiger partial charge in [-0.15, -0.1) is 5.10 Å². The van der Waals surface area contributed by atoms with Crippen LogP contribution >= 0.6 is 11.6 Å². The maximum absolute atomic E-state index is 14.3. The highest BCUT2D eigenvalue weighted by Crippen LogP contribution is 2.25. The molecule has 0 radical (unpaired) electrons.